The molecule has 0 saturated carbocycles. The second-order valence-corrected chi connectivity index (χ2v) is 3.29. The van der Waals surface area contributed by atoms with Gasteiger partial charge in [0.1, 0.15) is 0 Å². The van der Waals surface area contributed by atoms with Crippen LogP contribution in [-0.4, -0.2) is 37.7 Å². The summed E-state index contributed by atoms with van der Waals surface area (Å²) >= 11 is 0. The van der Waals surface area contributed by atoms with Crippen LogP contribution < -0.4 is 0 Å². The van der Waals surface area contributed by atoms with E-state index in [1.54, 1.807) is 0 Å². The van der Waals surface area contributed by atoms with Crippen LogP contribution in [0.25, 0.3) is 0 Å². The number of rotatable bonds is 4. The van der Waals surface area contributed by atoms with Gasteiger partial charge in [0.15, 0.2) is 0 Å². The summed E-state index contributed by atoms with van der Waals surface area (Å²) in [7, 11) is 2.37. The van der Waals surface area contributed by atoms with E-state index in [1.807, 2.05) is 0 Å². The first kappa shape index (κ1) is 13.9. The van der Waals surface area contributed by atoms with Crippen LogP contribution in [0.3, 0.4) is 0 Å². The van der Waals surface area contributed by atoms with E-state index in [-0.39, 0.29) is 5.57 Å². The molecule has 18 heavy (non-hydrogen) atoms. The van der Waals surface area contributed by atoms with Crippen molar-refractivity contribution in [1.29, 1.82) is 0 Å². The van der Waals surface area contributed by atoms with Gasteiger partial charge in [-0.1, -0.05) is 6.58 Å². The Morgan fingerprint density at radius 2 is 2.00 bits per heavy atom. The van der Waals surface area contributed by atoms with Crippen molar-refractivity contribution in [2.45, 2.75) is 5.79 Å². The molecule has 6 heteroatoms. The molecule has 1 atom stereocenters. The van der Waals surface area contributed by atoms with Gasteiger partial charge in [-0.05, 0) is 12.2 Å². The molecule has 0 heterocycles. The van der Waals surface area contributed by atoms with Gasteiger partial charge in [-0.3, -0.25) is 4.79 Å². The number of hydrogen-bond donors (Lipinski definition) is 0. The normalized spacial score (nSPS) is 22.1. The summed E-state index contributed by atoms with van der Waals surface area (Å²) in [5, 5.41) is 0. The van der Waals surface area contributed by atoms with Crippen molar-refractivity contribution in [3.63, 3.8) is 0 Å². The Hall–Kier alpha value is -2.21. The predicted molar refractivity (Wildman–Crippen MR) is 60.3 cm³/mol. The van der Waals surface area contributed by atoms with Crippen LogP contribution in [-0.2, 0) is 28.6 Å². The molecule has 0 aromatic rings. The highest BCUT2D eigenvalue weighted by Crippen LogP contribution is 2.24. The molecule has 1 rings (SSSR count). The van der Waals surface area contributed by atoms with Crippen LogP contribution >= 0.6 is 0 Å². The molecule has 96 valence electrons. The van der Waals surface area contributed by atoms with Crippen molar-refractivity contribution < 1.29 is 28.6 Å². The molecule has 0 aromatic carbocycles. The van der Waals surface area contributed by atoms with E-state index in [4.69, 9.17) is 9.47 Å². The zero-order chi connectivity index (χ0) is 13.8. The van der Waals surface area contributed by atoms with Gasteiger partial charge >= 0.3 is 11.9 Å². The van der Waals surface area contributed by atoms with Gasteiger partial charge in [0.25, 0.3) is 5.79 Å². The lowest BCUT2D eigenvalue weighted by molar-refractivity contribution is -0.196. The van der Waals surface area contributed by atoms with Crippen molar-refractivity contribution in [2.24, 2.45) is 0 Å². The third-order valence-corrected chi connectivity index (χ3v) is 2.25. The standard InChI is InChI=1S/C12H12O6/c1-4-10(14)18-12(17-3)7-8(11(15)16-2)5-6-9(12)13/h4-7H,1H2,2-3H3. The summed E-state index contributed by atoms with van der Waals surface area (Å²) in [5.41, 5.74) is 0.0517. The molecule has 6 nitrogen and oxygen atoms in total. The molecule has 0 saturated heterocycles. The molecule has 0 amide bonds. The van der Waals surface area contributed by atoms with Crippen molar-refractivity contribution in [2.75, 3.05) is 14.2 Å². The molecule has 1 aliphatic rings. The molecular weight excluding hydrogens is 240 g/mol. The van der Waals surface area contributed by atoms with Gasteiger partial charge in [-0.25, -0.2) is 9.59 Å². The fraction of sp³-hybridized carbons (Fsp3) is 0.250. The average Bonchev–Trinajstić information content (AvgIpc) is 2.40. The van der Waals surface area contributed by atoms with Crippen molar-refractivity contribution in [3.8, 4) is 0 Å². The van der Waals surface area contributed by atoms with Crippen LogP contribution in [0, 0.1) is 0 Å². The zero-order valence-electron chi connectivity index (χ0n) is 9.97. The van der Waals surface area contributed by atoms with Crippen molar-refractivity contribution in [1.82, 2.24) is 0 Å². The lowest BCUT2D eigenvalue weighted by Gasteiger charge is -2.28. The molecule has 0 aromatic heterocycles. The molecule has 0 spiro atoms. The number of carbonyl (C=O) groups excluding carboxylic acids is 3. The van der Waals surface area contributed by atoms with Gasteiger partial charge in [-0.15, -0.1) is 0 Å². The summed E-state index contributed by atoms with van der Waals surface area (Å²) in [6.07, 6.45) is 4.31. The zero-order valence-corrected chi connectivity index (χ0v) is 9.97. The largest absolute Gasteiger partial charge is 0.465 e. The Bertz CT molecular complexity index is 459. The number of ketones is 1. The number of methoxy groups -OCH3 is 2. The second-order valence-electron chi connectivity index (χ2n) is 3.29. The molecular formula is C12H12O6. The van der Waals surface area contributed by atoms with Gasteiger partial charge in [-0.2, -0.15) is 0 Å². The van der Waals surface area contributed by atoms with Gasteiger partial charge in [0.05, 0.1) is 12.7 Å². The van der Waals surface area contributed by atoms with Crippen LogP contribution in [0.15, 0.2) is 36.5 Å². The van der Waals surface area contributed by atoms with Gasteiger partial charge < -0.3 is 14.2 Å². The molecule has 0 N–H and O–H groups in total. The monoisotopic (exact) mass is 252 g/mol. The topological polar surface area (TPSA) is 78.9 Å². The predicted octanol–water partition coefficient (Wildman–Crippen LogP) is 0.297. The van der Waals surface area contributed by atoms with Crippen LogP contribution in [0.4, 0.5) is 0 Å². The Morgan fingerprint density at radius 3 is 2.50 bits per heavy atom. The first-order chi connectivity index (χ1) is 8.49. The molecule has 0 fully saturated rings. The summed E-state index contributed by atoms with van der Waals surface area (Å²) in [4.78, 5) is 34.3. The van der Waals surface area contributed by atoms with E-state index >= 15 is 0 Å². The highest BCUT2D eigenvalue weighted by Gasteiger charge is 2.42. The number of carbonyl (C=O) groups is 3. The van der Waals surface area contributed by atoms with E-state index in [0.29, 0.717) is 0 Å². The van der Waals surface area contributed by atoms with E-state index in [0.717, 1.165) is 18.2 Å². The third kappa shape index (κ3) is 2.54. The highest BCUT2D eigenvalue weighted by molar-refractivity contribution is 6.05. The Balaban J connectivity index is 3.15. The average molecular weight is 252 g/mol. The molecule has 1 unspecified atom stereocenters. The van der Waals surface area contributed by atoms with E-state index in [9.17, 15) is 14.4 Å². The number of esters is 2. The Morgan fingerprint density at radius 1 is 1.33 bits per heavy atom. The summed E-state index contributed by atoms with van der Waals surface area (Å²) in [6.45, 7) is 3.22. The minimum Gasteiger partial charge on any atom is -0.465 e. The van der Waals surface area contributed by atoms with Crippen LogP contribution in [0.1, 0.15) is 0 Å². The first-order valence-corrected chi connectivity index (χ1v) is 4.93. The smallest absolute Gasteiger partial charge is 0.337 e. The van der Waals surface area contributed by atoms with Crippen LogP contribution in [0.5, 0.6) is 0 Å². The Labute approximate surface area is 104 Å². The van der Waals surface area contributed by atoms with Crippen molar-refractivity contribution >= 4 is 17.7 Å². The minimum absolute atomic E-state index is 0.0517. The third-order valence-electron chi connectivity index (χ3n) is 2.25. The fourth-order valence-electron chi connectivity index (χ4n) is 1.32. The van der Waals surface area contributed by atoms with E-state index in [1.165, 1.54) is 20.3 Å². The summed E-state index contributed by atoms with van der Waals surface area (Å²) in [5.74, 6) is -4.09. The van der Waals surface area contributed by atoms with E-state index in [2.05, 4.69) is 11.3 Å². The highest BCUT2D eigenvalue weighted by atomic mass is 16.7. The summed E-state index contributed by atoms with van der Waals surface area (Å²) in [6, 6.07) is 0. The van der Waals surface area contributed by atoms with Gasteiger partial charge in [0.2, 0.25) is 5.78 Å². The maximum absolute atomic E-state index is 11.7. The van der Waals surface area contributed by atoms with Crippen molar-refractivity contribution in [3.05, 3.63) is 36.5 Å². The van der Waals surface area contributed by atoms with Crippen LogP contribution in [0.2, 0.25) is 0 Å². The molecule has 1 aliphatic carbocycles. The SMILES string of the molecule is C=CC(=O)OC1(OC)C=C(C(=O)OC)C=CC1=O. The van der Waals surface area contributed by atoms with Gasteiger partial charge in [0, 0.05) is 19.3 Å². The summed E-state index contributed by atoms with van der Waals surface area (Å²) < 4.78 is 14.3. The quantitative estimate of drug-likeness (QED) is 0.406. The maximum atomic E-state index is 11.7. The lowest BCUT2D eigenvalue weighted by Crippen LogP contribution is -2.44. The number of hydrogen-bond acceptors (Lipinski definition) is 6. The number of ether oxygens (including phenoxy) is 3. The molecule has 0 radical (unpaired) electrons. The maximum Gasteiger partial charge on any atom is 0.337 e. The lowest BCUT2D eigenvalue weighted by atomic mass is 10.00. The van der Waals surface area contributed by atoms with E-state index < -0.39 is 23.5 Å². The second kappa shape index (κ2) is 5.42. The Kier molecular flexibility index (Phi) is 4.17. The fourth-order valence-corrected chi connectivity index (χ4v) is 1.32. The first-order valence-electron chi connectivity index (χ1n) is 4.93. The minimum atomic E-state index is -1.95. The molecule has 0 aliphatic heterocycles. The molecule has 0 bridgehead atoms.